The predicted octanol–water partition coefficient (Wildman–Crippen LogP) is 6.75. The van der Waals surface area contributed by atoms with E-state index in [1.165, 1.54) is 24.4 Å². The highest BCUT2D eigenvalue weighted by Gasteiger charge is 2.34. The van der Waals surface area contributed by atoms with Gasteiger partial charge in [-0.05, 0) is 60.2 Å². The fraction of sp³-hybridized carbons (Fsp3) is 0.550. The average Bonchev–Trinajstić information content (AvgIpc) is 2.98. The fourth-order valence-corrected chi connectivity index (χ4v) is 4.29. The zero-order valence-electron chi connectivity index (χ0n) is 16.6. The van der Waals surface area contributed by atoms with Crippen LogP contribution in [0.25, 0.3) is 0 Å². The van der Waals surface area contributed by atoms with Crippen molar-refractivity contribution < 1.29 is 13.6 Å². The molecule has 0 radical (unpaired) electrons. The quantitative estimate of drug-likeness (QED) is 0.309. The van der Waals surface area contributed by atoms with Crippen molar-refractivity contribution >= 4 is 32.7 Å². The number of rotatable bonds is 8. The van der Waals surface area contributed by atoms with E-state index in [1.54, 1.807) is 0 Å². The molecule has 4 nitrogen and oxygen atoms in total. The SMILES string of the molecule is CCc1ccc(CC/C(=C(CSC2=NOC(C)(C)C2)\N=N/C)C(F)(F)Br)cc1. The van der Waals surface area contributed by atoms with E-state index < -0.39 is 4.83 Å². The predicted molar refractivity (Wildman–Crippen MR) is 115 cm³/mol. The van der Waals surface area contributed by atoms with E-state index in [0.717, 1.165) is 17.0 Å². The first-order chi connectivity index (χ1) is 13.1. The van der Waals surface area contributed by atoms with Gasteiger partial charge in [0.25, 0.3) is 0 Å². The van der Waals surface area contributed by atoms with Crippen LogP contribution in [-0.4, -0.2) is 28.3 Å². The molecule has 0 saturated carbocycles. The molecule has 0 bridgehead atoms. The van der Waals surface area contributed by atoms with E-state index in [1.807, 2.05) is 38.1 Å². The summed E-state index contributed by atoms with van der Waals surface area (Å²) < 4.78 is 28.6. The van der Waals surface area contributed by atoms with Gasteiger partial charge in [0.2, 0.25) is 0 Å². The second-order valence-electron chi connectivity index (χ2n) is 7.19. The molecule has 8 heteroatoms. The van der Waals surface area contributed by atoms with E-state index in [2.05, 4.69) is 38.2 Å². The highest BCUT2D eigenvalue weighted by atomic mass is 79.9. The van der Waals surface area contributed by atoms with Crippen LogP contribution in [0.4, 0.5) is 8.78 Å². The molecule has 1 aliphatic rings. The van der Waals surface area contributed by atoms with Crippen LogP contribution in [0.1, 0.15) is 44.7 Å². The van der Waals surface area contributed by atoms with Crippen molar-refractivity contribution in [1.29, 1.82) is 0 Å². The van der Waals surface area contributed by atoms with Crippen molar-refractivity contribution in [3.05, 3.63) is 46.7 Å². The van der Waals surface area contributed by atoms with E-state index >= 15 is 0 Å². The summed E-state index contributed by atoms with van der Waals surface area (Å²) in [6.07, 6.45) is 2.30. The Bertz CT molecular complexity index is 756. The van der Waals surface area contributed by atoms with E-state index in [9.17, 15) is 8.78 Å². The van der Waals surface area contributed by atoms with Gasteiger partial charge in [0, 0.05) is 24.8 Å². The lowest BCUT2D eigenvalue weighted by Crippen LogP contribution is -2.18. The zero-order chi connectivity index (χ0) is 20.8. The molecular formula is C20H26BrF2N3OS. The Hall–Kier alpha value is -1.28. The maximum Gasteiger partial charge on any atom is 0.324 e. The smallest absolute Gasteiger partial charge is 0.324 e. The first-order valence-corrected chi connectivity index (χ1v) is 11.0. The van der Waals surface area contributed by atoms with Crippen molar-refractivity contribution in [2.45, 2.75) is 56.9 Å². The van der Waals surface area contributed by atoms with Gasteiger partial charge in [-0.3, -0.25) is 0 Å². The Morgan fingerprint density at radius 3 is 2.43 bits per heavy atom. The molecule has 2 rings (SSSR count). The molecular weight excluding hydrogens is 448 g/mol. The van der Waals surface area contributed by atoms with Gasteiger partial charge in [-0.25, -0.2) is 0 Å². The highest BCUT2D eigenvalue weighted by molar-refractivity contribution is 9.10. The molecule has 0 aromatic heterocycles. The van der Waals surface area contributed by atoms with Crippen LogP contribution >= 0.6 is 27.7 Å². The van der Waals surface area contributed by atoms with Crippen LogP contribution in [0, 0.1) is 0 Å². The number of thioether (sulfide) groups is 1. The average molecular weight is 474 g/mol. The number of azo groups is 1. The summed E-state index contributed by atoms with van der Waals surface area (Å²) in [4.78, 5) is 2.19. The van der Waals surface area contributed by atoms with Crippen molar-refractivity contribution in [1.82, 2.24) is 0 Å². The van der Waals surface area contributed by atoms with E-state index in [0.29, 0.717) is 12.8 Å². The monoisotopic (exact) mass is 473 g/mol. The Labute approximate surface area is 178 Å². The summed E-state index contributed by atoms with van der Waals surface area (Å²) >= 11 is 3.89. The van der Waals surface area contributed by atoms with E-state index in [4.69, 9.17) is 4.84 Å². The summed E-state index contributed by atoms with van der Waals surface area (Å²) in [6.45, 7) is 5.96. The molecule has 0 unspecified atom stereocenters. The van der Waals surface area contributed by atoms with Gasteiger partial charge >= 0.3 is 4.83 Å². The summed E-state index contributed by atoms with van der Waals surface area (Å²) in [5.74, 6) is 0.265. The standard InChI is InChI=1S/C20H26BrF2N3OS/c1-5-14-6-8-15(9-7-14)10-11-16(20(21,22)23)17(25-24-4)13-28-18-12-19(2,3)27-26-18/h6-9H,5,10-13H2,1-4H3/b17-16+,25-24-. The molecule has 0 N–H and O–H groups in total. The normalized spacial score (nSPS) is 17.5. The first kappa shape index (κ1) is 23.0. The van der Waals surface area contributed by atoms with E-state index in [-0.39, 0.29) is 29.0 Å². The number of hydrogen-bond donors (Lipinski definition) is 0. The Balaban J connectivity index is 2.15. The minimum atomic E-state index is -3.15. The van der Waals surface area contributed by atoms with Crippen molar-refractivity contribution in [2.75, 3.05) is 12.8 Å². The number of aryl methyl sites for hydroxylation is 2. The summed E-state index contributed by atoms with van der Waals surface area (Å²) in [6, 6.07) is 8.05. The lowest BCUT2D eigenvalue weighted by atomic mass is 10.0. The molecule has 1 heterocycles. The van der Waals surface area contributed by atoms with Crippen molar-refractivity contribution in [2.24, 2.45) is 15.4 Å². The van der Waals surface area contributed by atoms with Crippen molar-refractivity contribution in [3.63, 3.8) is 0 Å². The van der Waals surface area contributed by atoms with Gasteiger partial charge in [0.15, 0.2) is 0 Å². The second kappa shape index (κ2) is 9.96. The second-order valence-corrected chi connectivity index (χ2v) is 9.24. The topological polar surface area (TPSA) is 46.3 Å². The molecule has 0 spiro atoms. The first-order valence-electron chi connectivity index (χ1n) is 9.19. The Kier molecular flexibility index (Phi) is 8.18. The Morgan fingerprint density at radius 1 is 1.29 bits per heavy atom. The van der Waals surface area contributed by atoms with Crippen LogP contribution in [0.3, 0.4) is 0 Å². The lowest BCUT2D eigenvalue weighted by Gasteiger charge is -2.17. The number of alkyl halides is 3. The molecule has 1 aromatic rings. The largest absolute Gasteiger partial charge is 0.389 e. The molecule has 0 atom stereocenters. The van der Waals surface area contributed by atoms with Crippen molar-refractivity contribution in [3.8, 4) is 0 Å². The summed E-state index contributed by atoms with van der Waals surface area (Å²) in [7, 11) is 1.48. The van der Waals surface area contributed by atoms with Gasteiger partial charge < -0.3 is 4.84 Å². The Morgan fingerprint density at radius 2 is 1.93 bits per heavy atom. The maximum absolute atomic E-state index is 14.3. The van der Waals surface area contributed by atoms with Crippen LogP contribution in [0.15, 0.2) is 50.9 Å². The van der Waals surface area contributed by atoms with Crippen LogP contribution in [0.5, 0.6) is 0 Å². The highest BCUT2D eigenvalue weighted by Crippen LogP contribution is 2.38. The van der Waals surface area contributed by atoms with Gasteiger partial charge in [-0.2, -0.15) is 19.0 Å². The fourth-order valence-electron chi connectivity index (χ4n) is 2.79. The summed E-state index contributed by atoms with van der Waals surface area (Å²) in [5, 5.41) is 12.6. The number of benzene rings is 1. The molecule has 28 heavy (non-hydrogen) atoms. The van der Waals surface area contributed by atoms with Crippen LogP contribution < -0.4 is 0 Å². The third-order valence-electron chi connectivity index (χ3n) is 4.35. The van der Waals surface area contributed by atoms with Gasteiger partial charge in [0.05, 0.1) is 5.70 Å². The third-order valence-corrected chi connectivity index (χ3v) is 5.80. The minimum absolute atomic E-state index is 0.0519. The van der Waals surface area contributed by atoms with Gasteiger partial charge in [0.1, 0.15) is 10.6 Å². The molecule has 0 aliphatic carbocycles. The number of halogens is 3. The molecule has 1 aromatic carbocycles. The van der Waals surface area contributed by atoms with Crippen LogP contribution in [-0.2, 0) is 17.7 Å². The van der Waals surface area contributed by atoms with Gasteiger partial charge in [-0.1, -0.05) is 36.3 Å². The minimum Gasteiger partial charge on any atom is -0.389 e. The summed E-state index contributed by atoms with van der Waals surface area (Å²) in [5.41, 5.74) is 2.11. The molecule has 0 saturated heterocycles. The molecule has 0 fully saturated rings. The molecule has 154 valence electrons. The maximum atomic E-state index is 14.3. The number of nitrogens with zero attached hydrogens (tertiary/aromatic N) is 3. The number of hydrogen-bond acceptors (Lipinski definition) is 5. The number of allylic oxidation sites excluding steroid dienone is 1. The van der Waals surface area contributed by atoms with Crippen LogP contribution in [0.2, 0.25) is 0 Å². The van der Waals surface area contributed by atoms with Gasteiger partial charge in [-0.15, -0.1) is 11.8 Å². The molecule has 1 aliphatic heterocycles. The number of oxime groups is 1. The third kappa shape index (κ3) is 6.95. The molecule has 0 amide bonds. The lowest BCUT2D eigenvalue weighted by molar-refractivity contribution is 0.0123. The zero-order valence-corrected chi connectivity index (χ0v) is 19.0.